The number of benzene rings is 1. The lowest BCUT2D eigenvalue weighted by Gasteiger charge is -2.14. The lowest BCUT2D eigenvalue weighted by atomic mass is 10.1. The van der Waals surface area contributed by atoms with Crippen LogP contribution in [0.2, 0.25) is 5.02 Å². The average Bonchev–Trinajstić information content (AvgIpc) is 2.23. The molecule has 0 fully saturated rings. The zero-order chi connectivity index (χ0) is 12.5. The Hall–Kier alpha value is -1.53. The third-order valence-corrected chi connectivity index (χ3v) is 2.26. The Bertz CT molecular complexity index is 438. The number of carboxylic acid groups (broad SMARTS) is 1. The first-order valence-electron chi connectivity index (χ1n) is 4.13. The van der Waals surface area contributed by atoms with Gasteiger partial charge in [0.1, 0.15) is 6.04 Å². The van der Waals surface area contributed by atoms with E-state index in [0.717, 1.165) is 6.07 Å². The first-order valence-corrected chi connectivity index (χ1v) is 4.51. The molecule has 16 heavy (non-hydrogen) atoms. The molecule has 0 radical (unpaired) electrons. The normalized spacial score (nSPS) is 12.2. The fourth-order valence-electron chi connectivity index (χ4n) is 1.18. The zero-order valence-electron chi connectivity index (χ0n) is 8.20. The van der Waals surface area contributed by atoms with Crippen molar-refractivity contribution in [2.24, 2.45) is 5.73 Å². The summed E-state index contributed by atoms with van der Waals surface area (Å²) in [5.74, 6) is -3.37. The highest BCUT2D eigenvalue weighted by atomic mass is 35.5. The van der Waals surface area contributed by atoms with Gasteiger partial charge in [-0.05, 0) is 0 Å². The molecule has 1 aromatic rings. The van der Waals surface area contributed by atoms with Gasteiger partial charge in [0.05, 0.1) is 17.7 Å². The standard InChI is InChI=1S/C9H9ClFNO4/c1-16-4-2-3(10)6(11)5(8(4)13)7(12)9(14)15/h2,7,13H,12H2,1H3,(H,14,15). The van der Waals surface area contributed by atoms with E-state index in [1.54, 1.807) is 0 Å². The summed E-state index contributed by atoms with van der Waals surface area (Å²) in [6.45, 7) is 0. The molecule has 0 aliphatic rings. The largest absolute Gasteiger partial charge is 0.504 e. The highest BCUT2D eigenvalue weighted by Crippen LogP contribution is 2.38. The van der Waals surface area contributed by atoms with Crippen LogP contribution in [0.25, 0.3) is 0 Å². The summed E-state index contributed by atoms with van der Waals surface area (Å²) in [7, 11) is 1.22. The smallest absolute Gasteiger partial charge is 0.325 e. The van der Waals surface area contributed by atoms with Gasteiger partial charge in [-0.1, -0.05) is 11.6 Å². The van der Waals surface area contributed by atoms with Crippen LogP contribution < -0.4 is 10.5 Å². The van der Waals surface area contributed by atoms with E-state index in [2.05, 4.69) is 0 Å². The minimum absolute atomic E-state index is 0.141. The van der Waals surface area contributed by atoms with Crippen molar-refractivity contribution < 1.29 is 24.1 Å². The second kappa shape index (κ2) is 4.54. The molecule has 0 spiro atoms. The number of aromatic hydroxyl groups is 1. The van der Waals surface area contributed by atoms with Crippen LogP contribution in [0.5, 0.6) is 11.5 Å². The molecule has 1 atom stereocenters. The van der Waals surface area contributed by atoms with E-state index in [4.69, 9.17) is 27.2 Å². The molecule has 0 amide bonds. The number of phenols is 1. The topological polar surface area (TPSA) is 92.8 Å². The molecule has 0 aliphatic carbocycles. The maximum atomic E-state index is 13.5. The molecule has 5 nitrogen and oxygen atoms in total. The lowest BCUT2D eigenvalue weighted by Crippen LogP contribution is -2.22. The Morgan fingerprint density at radius 3 is 2.69 bits per heavy atom. The van der Waals surface area contributed by atoms with Gasteiger partial charge in [0.15, 0.2) is 17.3 Å². The quantitative estimate of drug-likeness (QED) is 0.750. The lowest BCUT2D eigenvalue weighted by molar-refractivity contribution is -0.138. The number of nitrogens with two attached hydrogens (primary N) is 1. The summed E-state index contributed by atoms with van der Waals surface area (Å²) in [5, 5.41) is 17.8. The minimum atomic E-state index is -1.72. The fourth-order valence-corrected chi connectivity index (χ4v) is 1.38. The average molecular weight is 250 g/mol. The number of rotatable bonds is 3. The Morgan fingerprint density at radius 2 is 2.25 bits per heavy atom. The van der Waals surface area contributed by atoms with E-state index >= 15 is 0 Å². The van der Waals surface area contributed by atoms with Crippen LogP contribution >= 0.6 is 11.6 Å². The first kappa shape index (κ1) is 12.5. The number of ether oxygens (including phenoxy) is 1. The Morgan fingerprint density at radius 1 is 1.69 bits per heavy atom. The molecule has 88 valence electrons. The van der Waals surface area contributed by atoms with Crippen molar-refractivity contribution in [2.75, 3.05) is 7.11 Å². The molecule has 0 aromatic heterocycles. The molecule has 0 bridgehead atoms. The van der Waals surface area contributed by atoms with E-state index in [1.807, 2.05) is 0 Å². The van der Waals surface area contributed by atoms with Crippen LogP contribution in [0.3, 0.4) is 0 Å². The number of methoxy groups -OCH3 is 1. The summed E-state index contributed by atoms with van der Waals surface area (Å²) < 4.78 is 18.2. The van der Waals surface area contributed by atoms with E-state index in [-0.39, 0.29) is 10.8 Å². The van der Waals surface area contributed by atoms with Crippen molar-refractivity contribution in [3.63, 3.8) is 0 Å². The fraction of sp³-hybridized carbons (Fsp3) is 0.222. The highest BCUT2D eigenvalue weighted by molar-refractivity contribution is 6.31. The summed E-state index contributed by atoms with van der Waals surface area (Å²) >= 11 is 5.50. The molecule has 0 saturated heterocycles. The number of carbonyl (C=O) groups is 1. The van der Waals surface area contributed by atoms with E-state index in [1.165, 1.54) is 7.11 Å². The molecule has 7 heteroatoms. The number of hydrogen-bond acceptors (Lipinski definition) is 4. The third-order valence-electron chi connectivity index (χ3n) is 1.99. The maximum Gasteiger partial charge on any atom is 0.325 e. The van der Waals surface area contributed by atoms with Crippen molar-refractivity contribution in [1.29, 1.82) is 0 Å². The Labute approximate surface area is 95.2 Å². The Kier molecular flexibility index (Phi) is 3.56. The van der Waals surface area contributed by atoms with Crippen LogP contribution in [0.1, 0.15) is 11.6 Å². The van der Waals surface area contributed by atoms with Gasteiger partial charge in [-0.25, -0.2) is 4.39 Å². The second-order valence-electron chi connectivity index (χ2n) is 2.95. The van der Waals surface area contributed by atoms with Crippen molar-refractivity contribution in [3.05, 3.63) is 22.5 Å². The molecule has 4 N–H and O–H groups in total. The number of halogens is 2. The van der Waals surface area contributed by atoms with Crippen LogP contribution in [-0.4, -0.2) is 23.3 Å². The minimum Gasteiger partial charge on any atom is -0.504 e. The van der Waals surface area contributed by atoms with Gasteiger partial charge in [0.2, 0.25) is 0 Å². The van der Waals surface area contributed by atoms with Gasteiger partial charge in [0.25, 0.3) is 0 Å². The van der Waals surface area contributed by atoms with Gasteiger partial charge in [-0.2, -0.15) is 0 Å². The van der Waals surface area contributed by atoms with Crippen LogP contribution in [0.4, 0.5) is 4.39 Å². The highest BCUT2D eigenvalue weighted by Gasteiger charge is 2.27. The molecule has 0 heterocycles. The maximum absolute atomic E-state index is 13.5. The zero-order valence-corrected chi connectivity index (χ0v) is 8.95. The Balaban J connectivity index is 3.47. The van der Waals surface area contributed by atoms with Crippen molar-refractivity contribution >= 4 is 17.6 Å². The summed E-state index contributed by atoms with van der Waals surface area (Å²) in [4.78, 5) is 10.6. The molecule has 0 saturated carbocycles. The number of phenolic OH excluding ortho intramolecular Hbond substituents is 1. The van der Waals surface area contributed by atoms with Gasteiger partial charge < -0.3 is 20.7 Å². The van der Waals surface area contributed by atoms with Gasteiger partial charge >= 0.3 is 5.97 Å². The summed E-state index contributed by atoms with van der Waals surface area (Å²) in [6.07, 6.45) is 0. The van der Waals surface area contributed by atoms with Crippen LogP contribution in [0.15, 0.2) is 6.07 Å². The van der Waals surface area contributed by atoms with Crippen molar-refractivity contribution in [2.45, 2.75) is 6.04 Å². The first-order chi connectivity index (χ1) is 7.40. The van der Waals surface area contributed by atoms with Crippen molar-refractivity contribution in [1.82, 2.24) is 0 Å². The molecule has 1 unspecified atom stereocenters. The van der Waals surface area contributed by atoms with Crippen LogP contribution in [0, 0.1) is 5.82 Å². The van der Waals surface area contributed by atoms with Gasteiger partial charge in [-0.3, -0.25) is 4.79 Å². The summed E-state index contributed by atoms with van der Waals surface area (Å²) in [6, 6.07) is -0.683. The summed E-state index contributed by atoms with van der Waals surface area (Å²) in [5.41, 5.74) is 4.62. The predicted molar refractivity (Wildman–Crippen MR) is 54.2 cm³/mol. The second-order valence-corrected chi connectivity index (χ2v) is 3.36. The third kappa shape index (κ3) is 2.02. The van der Waals surface area contributed by atoms with E-state index < -0.39 is 29.1 Å². The van der Waals surface area contributed by atoms with Crippen molar-refractivity contribution in [3.8, 4) is 11.5 Å². The molecule has 0 aliphatic heterocycles. The molecular weight excluding hydrogens is 241 g/mol. The predicted octanol–water partition coefficient (Wildman–Crippen LogP) is 1.28. The van der Waals surface area contributed by atoms with Gasteiger partial charge in [0, 0.05) is 6.07 Å². The number of hydrogen-bond donors (Lipinski definition) is 3. The SMILES string of the molecule is COc1cc(Cl)c(F)c(C(N)C(=O)O)c1O. The molecule has 1 rings (SSSR count). The monoisotopic (exact) mass is 249 g/mol. The van der Waals surface area contributed by atoms with Crippen LogP contribution in [-0.2, 0) is 4.79 Å². The molecular formula is C9H9ClFNO4. The molecule has 1 aromatic carbocycles. The van der Waals surface area contributed by atoms with E-state index in [9.17, 15) is 14.3 Å². The van der Waals surface area contributed by atoms with Gasteiger partial charge in [-0.15, -0.1) is 0 Å². The van der Waals surface area contributed by atoms with E-state index in [0.29, 0.717) is 0 Å². The number of carboxylic acids is 1. The number of aliphatic carboxylic acids is 1.